The molecule has 0 atom stereocenters. The van der Waals surface area contributed by atoms with E-state index in [1.54, 1.807) is 34.0 Å². The number of nitrogens with one attached hydrogen (secondary N) is 1. The lowest BCUT2D eigenvalue weighted by Crippen LogP contribution is -2.14. The molecular formula is C18H17N9O. The maximum Gasteiger partial charge on any atom is 0.164 e. The third-order valence-electron chi connectivity index (χ3n) is 4.02. The van der Waals surface area contributed by atoms with Gasteiger partial charge in [-0.05, 0) is 19.9 Å². The number of fused-ring (bicyclic) bond motifs is 1. The first kappa shape index (κ1) is 17.6. The first-order valence-electron chi connectivity index (χ1n) is 8.62. The third kappa shape index (κ3) is 3.15. The van der Waals surface area contributed by atoms with Crippen molar-refractivity contribution in [3.8, 4) is 17.6 Å². The number of hydrogen-bond acceptors (Lipinski definition) is 8. The van der Waals surface area contributed by atoms with Crippen LogP contribution < -0.4 is 5.32 Å². The quantitative estimate of drug-likeness (QED) is 0.538. The molecule has 0 saturated carbocycles. The Morgan fingerprint density at radius 3 is 2.79 bits per heavy atom. The van der Waals surface area contributed by atoms with Crippen molar-refractivity contribution in [3.05, 3.63) is 48.2 Å². The van der Waals surface area contributed by atoms with Crippen molar-refractivity contribution in [3.63, 3.8) is 0 Å². The molecular weight excluding hydrogens is 358 g/mol. The van der Waals surface area contributed by atoms with Crippen LogP contribution in [0, 0.1) is 11.3 Å². The average molecular weight is 375 g/mol. The zero-order chi connectivity index (χ0) is 19.7. The molecule has 0 aliphatic carbocycles. The summed E-state index contributed by atoms with van der Waals surface area (Å²) in [5, 5.41) is 34.7. The van der Waals surface area contributed by atoms with Gasteiger partial charge in [0.05, 0.1) is 36.4 Å². The minimum atomic E-state index is -0.186. The molecule has 0 amide bonds. The Morgan fingerprint density at radius 1 is 1.21 bits per heavy atom. The minimum Gasteiger partial charge on any atom is -0.390 e. The van der Waals surface area contributed by atoms with Gasteiger partial charge in [0.15, 0.2) is 11.5 Å². The molecule has 4 heterocycles. The van der Waals surface area contributed by atoms with Crippen LogP contribution in [0.2, 0.25) is 0 Å². The van der Waals surface area contributed by atoms with Crippen molar-refractivity contribution in [1.29, 1.82) is 5.26 Å². The number of aliphatic hydroxyl groups is 1. The van der Waals surface area contributed by atoms with Gasteiger partial charge in [-0.1, -0.05) is 5.21 Å². The fourth-order valence-corrected chi connectivity index (χ4v) is 2.80. The summed E-state index contributed by atoms with van der Waals surface area (Å²) < 4.78 is 3.18. The molecule has 4 rings (SSSR count). The molecule has 10 nitrogen and oxygen atoms in total. The number of pyridine rings is 2. The van der Waals surface area contributed by atoms with Gasteiger partial charge in [0.1, 0.15) is 17.5 Å². The van der Waals surface area contributed by atoms with E-state index in [1.807, 2.05) is 19.9 Å². The highest BCUT2D eigenvalue weighted by Gasteiger charge is 2.14. The largest absolute Gasteiger partial charge is 0.390 e. The van der Waals surface area contributed by atoms with Gasteiger partial charge >= 0.3 is 0 Å². The second-order valence-electron chi connectivity index (χ2n) is 6.48. The van der Waals surface area contributed by atoms with Crippen molar-refractivity contribution in [2.75, 3.05) is 5.32 Å². The summed E-state index contributed by atoms with van der Waals surface area (Å²) in [6.07, 6.45) is 6.47. The Morgan fingerprint density at radius 2 is 2.07 bits per heavy atom. The first-order chi connectivity index (χ1) is 13.6. The summed E-state index contributed by atoms with van der Waals surface area (Å²) >= 11 is 0. The number of aliphatic hydroxyl groups excluding tert-OH is 1. The van der Waals surface area contributed by atoms with Crippen molar-refractivity contribution < 1.29 is 5.11 Å². The van der Waals surface area contributed by atoms with Crippen LogP contribution in [0.4, 0.5) is 5.69 Å². The van der Waals surface area contributed by atoms with Crippen LogP contribution >= 0.6 is 0 Å². The Labute approximate surface area is 160 Å². The molecule has 28 heavy (non-hydrogen) atoms. The van der Waals surface area contributed by atoms with Crippen LogP contribution in [0.25, 0.3) is 22.5 Å². The van der Waals surface area contributed by atoms with Crippen LogP contribution in [0.15, 0.2) is 36.9 Å². The normalized spacial score (nSPS) is 11.1. The van der Waals surface area contributed by atoms with E-state index < -0.39 is 0 Å². The predicted molar refractivity (Wildman–Crippen MR) is 101 cm³/mol. The highest BCUT2D eigenvalue weighted by atomic mass is 16.3. The van der Waals surface area contributed by atoms with E-state index in [1.165, 1.54) is 6.20 Å². The molecule has 0 aliphatic rings. The summed E-state index contributed by atoms with van der Waals surface area (Å²) in [5.74, 6) is 0.571. The molecule has 2 N–H and O–H groups in total. The lowest BCUT2D eigenvalue weighted by molar-refractivity contribution is 0.276. The van der Waals surface area contributed by atoms with Crippen LogP contribution in [0.1, 0.15) is 25.1 Å². The van der Waals surface area contributed by atoms with E-state index in [0.29, 0.717) is 28.4 Å². The van der Waals surface area contributed by atoms with E-state index in [4.69, 9.17) is 5.26 Å². The van der Waals surface area contributed by atoms with Gasteiger partial charge in [0, 0.05) is 23.7 Å². The van der Waals surface area contributed by atoms with Crippen LogP contribution in [0.5, 0.6) is 0 Å². The topological polar surface area (TPSA) is 130 Å². The smallest absolute Gasteiger partial charge is 0.164 e. The second-order valence-corrected chi connectivity index (χ2v) is 6.48. The molecule has 0 aliphatic heterocycles. The Bertz CT molecular complexity index is 1190. The van der Waals surface area contributed by atoms with Gasteiger partial charge < -0.3 is 10.4 Å². The maximum absolute atomic E-state index is 9.23. The van der Waals surface area contributed by atoms with Crippen molar-refractivity contribution in [1.82, 2.24) is 34.7 Å². The summed E-state index contributed by atoms with van der Waals surface area (Å²) in [4.78, 5) is 8.83. The fraction of sp³-hybridized carbons (Fsp3) is 0.222. The molecule has 10 heteroatoms. The second kappa shape index (κ2) is 7.05. The van der Waals surface area contributed by atoms with E-state index >= 15 is 0 Å². The molecule has 0 aromatic carbocycles. The maximum atomic E-state index is 9.23. The first-order valence-corrected chi connectivity index (χ1v) is 8.62. The third-order valence-corrected chi connectivity index (χ3v) is 4.02. The zero-order valence-electron chi connectivity index (χ0n) is 15.3. The monoisotopic (exact) mass is 375 g/mol. The summed E-state index contributed by atoms with van der Waals surface area (Å²) in [6, 6.07) is 5.82. The Balaban J connectivity index is 1.82. The number of hydrogen-bond donors (Lipinski definition) is 2. The summed E-state index contributed by atoms with van der Waals surface area (Å²) in [5.41, 5.74) is 3.03. The van der Waals surface area contributed by atoms with Gasteiger partial charge in [-0.2, -0.15) is 15.0 Å². The van der Waals surface area contributed by atoms with Gasteiger partial charge in [-0.25, -0.2) is 14.6 Å². The molecule has 0 bridgehead atoms. The average Bonchev–Trinajstić information content (AvgIpc) is 3.33. The van der Waals surface area contributed by atoms with Crippen LogP contribution in [-0.4, -0.2) is 45.9 Å². The molecule has 0 spiro atoms. The lowest BCUT2D eigenvalue weighted by Gasteiger charge is -2.15. The minimum absolute atomic E-state index is 0.167. The number of nitrogens with zero attached hydrogens (tertiary/aromatic N) is 8. The van der Waals surface area contributed by atoms with Gasteiger partial charge in [0.2, 0.25) is 0 Å². The van der Waals surface area contributed by atoms with E-state index in [9.17, 15) is 5.11 Å². The lowest BCUT2D eigenvalue weighted by atomic mass is 10.2. The molecule has 0 fully saturated rings. The van der Waals surface area contributed by atoms with Crippen molar-refractivity contribution >= 4 is 16.7 Å². The van der Waals surface area contributed by atoms with Gasteiger partial charge in [-0.15, -0.1) is 5.10 Å². The van der Waals surface area contributed by atoms with E-state index in [-0.39, 0.29) is 12.6 Å². The summed E-state index contributed by atoms with van der Waals surface area (Å²) in [7, 11) is 0. The molecule has 0 radical (unpaired) electrons. The number of anilines is 1. The Kier molecular flexibility index (Phi) is 4.42. The molecule has 4 aromatic heterocycles. The van der Waals surface area contributed by atoms with E-state index in [2.05, 4.69) is 36.8 Å². The van der Waals surface area contributed by atoms with Gasteiger partial charge in [-0.3, -0.25) is 0 Å². The highest BCUT2D eigenvalue weighted by molar-refractivity contribution is 5.77. The van der Waals surface area contributed by atoms with E-state index in [0.717, 1.165) is 11.1 Å². The predicted octanol–water partition coefficient (Wildman–Crippen LogP) is 1.58. The number of rotatable bonds is 5. The molecule has 0 saturated heterocycles. The molecule has 4 aromatic rings. The SMILES string of the molecule is CC(C)Nc1cc(-n2ncc3cc(C#N)cnc32)ncc1-n1cc(CO)nn1. The standard InChI is InChI=1S/C18H17N9O/c1-11(2)23-15-4-17(20-8-16(15)26-9-14(10-28)24-25-26)27-18-13(7-22-27)3-12(5-19)6-21-18/h3-4,6-9,11,28H,10H2,1-2H3,(H,20,23). The zero-order valence-corrected chi connectivity index (χ0v) is 15.3. The van der Waals surface area contributed by atoms with Crippen LogP contribution in [-0.2, 0) is 6.61 Å². The Hall–Kier alpha value is -3.84. The van der Waals surface area contributed by atoms with Crippen molar-refractivity contribution in [2.24, 2.45) is 0 Å². The number of nitriles is 1. The fourth-order valence-electron chi connectivity index (χ4n) is 2.80. The molecule has 0 unspecified atom stereocenters. The molecule has 140 valence electrons. The summed E-state index contributed by atoms with van der Waals surface area (Å²) in [6.45, 7) is 3.87. The number of aromatic nitrogens is 7. The van der Waals surface area contributed by atoms with Crippen molar-refractivity contribution in [2.45, 2.75) is 26.5 Å². The highest BCUT2D eigenvalue weighted by Crippen LogP contribution is 2.24. The van der Waals surface area contributed by atoms with Gasteiger partial charge in [0.25, 0.3) is 0 Å². The van der Waals surface area contributed by atoms with Crippen LogP contribution in [0.3, 0.4) is 0 Å².